The van der Waals surface area contributed by atoms with Gasteiger partial charge in [0.25, 0.3) is 11.7 Å². The maximum atomic E-state index is 14.0. The smallest absolute Gasteiger partial charge is 0.300 e. The lowest BCUT2D eigenvalue weighted by molar-refractivity contribution is -0.132. The fraction of sp³-hybridized carbons (Fsp3) is 0.154. The Kier molecular flexibility index (Phi) is 5.53. The fourth-order valence-corrected chi connectivity index (χ4v) is 4.06. The number of benzene rings is 3. The third-order valence-electron chi connectivity index (χ3n) is 5.56. The van der Waals surface area contributed by atoms with E-state index in [0.29, 0.717) is 16.9 Å². The van der Waals surface area contributed by atoms with Crippen molar-refractivity contribution < 1.29 is 23.8 Å². The molecule has 1 atom stereocenters. The molecule has 3 aromatic rings. The van der Waals surface area contributed by atoms with Crippen LogP contribution in [0.25, 0.3) is 5.76 Å². The summed E-state index contributed by atoms with van der Waals surface area (Å²) in [6.45, 7) is 3.71. The standard InChI is InChI=1S/C26H22FNO4/c1-15-6-4-7-17(12-15)23-22(24(29)18-10-11-21(32-3)16(2)13-18)25(30)26(31)28(23)20-9-5-8-19(27)14-20/h4-14,23,29H,1-3H3/b24-22+. The second-order valence-electron chi connectivity index (χ2n) is 7.75. The van der Waals surface area contributed by atoms with Gasteiger partial charge in [-0.05, 0) is 61.4 Å². The molecule has 1 aliphatic heterocycles. The van der Waals surface area contributed by atoms with Gasteiger partial charge in [-0.25, -0.2) is 4.39 Å². The number of hydrogen-bond acceptors (Lipinski definition) is 4. The maximum absolute atomic E-state index is 14.0. The van der Waals surface area contributed by atoms with Crippen molar-refractivity contribution in [3.63, 3.8) is 0 Å². The Bertz CT molecular complexity index is 1260. The molecule has 0 aromatic heterocycles. The van der Waals surface area contributed by atoms with Crippen LogP contribution in [0.4, 0.5) is 10.1 Å². The van der Waals surface area contributed by atoms with E-state index in [1.165, 1.54) is 23.1 Å². The van der Waals surface area contributed by atoms with Crippen LogP contribution in [-0.4, -0.2) is 23.9 Å². The number of carbonyl (C=O) groups excluding carboxylic acids is 2. The Balaban J connectivity index is 1.95. The summed E-state index contributed by atoms with van der Waals surface area (Å²) in [5.41, 5.74) is 2.91. The molecule has 0 saturated carbocycles. The van der Waals surface area contributed by atoms with Gasteiger partial charge in [-0.3, -0.25) is 14.5 Å². The molecule has 4 rings (SSSR count). The molecule has 1 fully saturated rings. The molecule has 6 heteroatoms. The number of ketones is 1. The Labute approximate surface area is 185 Å². The number of anilines is 1. The van der Waals surface area contributed by atoms with E-state index in [1.54, 1.807) is 37.4 Å². The van der Waals surface area contributed by atoms with Crippen LogP contribution in [0.3, 0.4) is 0 Å². The van der Waals surface area contributed by atoms with Gasteiger partial charge in [0.15, 0.2) is 0 Å². The highest BCUT2D eigenvalue weighted by Crippen LogP contribution is 2.42. The van der Waals surface area contributed by atoms with Crippen molar-refractivity contribution in [3.8, 4) is 5.75 Å². The van der Waals surface area contributed by atoms with E-state index in [1.807, 2.05) is 32.0 Å². The number of halogens is 1. The first-order valence-corrected chi connectivity index (χ1v) is 10.1. The summed E-state index contributed by atoms with van der Waals surface area (Å²) in [5, 5.41) is 11.2. The summed E-state index contributed by atoms with van der Waals surface area (Å²) in [6, 6.07) is 16.9. The number of amides is 1. The van der Waals surface area contributed by atoms with E-state index in [-0.39, 0.29) is 17.0 Å². The van der Waals surface area contributed by atoms with Crippen molar-refractivity contribution in [2.75, 3.05) is 12.0 Å². The number of Topliss-reactive ketones (excluding diaryl/α,β-unsaturated/α-hetero) is 1. The molecule has 0 aliphatic carbocycles. The molecule has 162 valence electrons. The summed E-state index contributed by atoms with van der Waals surface area (Å²) in [6.07, 6.45) is 0. The number of rotatable bonds is 4. The zero-order valence-electron chi connectivity index (χ0n) is 17.9. The van der Waals surface area contributed by atoms with E-state index >= 15 is 0 Å². The van der Waals surface area contributed by atoms with Crippen LogP contribution in [-0.2, 0) is 9.59 Å². The average molecular weight is 431 g/mol. The Morgan fingerprint density at radius 2 is 1.75 bits per heavy atom. The van der Waals surface area contributed by atoms with Gasteiger partial charge in [0.2, 0.25) is 0 Å². The Hall–Kier alpha value is -3.93. The predicted octanol–water partition coefficient (Wildman–Crippen LogP) is 5.08. The largest absolute Gasteiger partial charge is 0.507 e. The summed E-state index contributed by atoms with van der Waals surface area (Å²) < 4.78 is 19.2. The minimum atomic E-state index is -0.904. The molecule has 1 amide bonds. The fourth-order valence-electron chi connectivity index (χ4n) is 4.06. The van der Waals surface area contributed by atoms with Crippen LogP contribution in [0.5, 0.6) is 5.75 Å². The highest BCUT2D eigenvalue weighted by atomic mass is 19.1. The number of ether oxygens (including phenoxy) is 1. The SMILES string of the molecule is COc1ccc(/C(O)=C2\C(=O)C(=O)N(c3cccc(F)c3)C2c2cccc(C)c2)cc1C. The lowest BCUT2D eigenvalue weighted by Gasteiger charge is -2.25. The zero-order valence-corrected chi connectivity index (χ0v) is 17.9. The molecule has 1 aliphatic rings. The van der Waals surface area contributed by atoms with Gasteiger partial charge >= 0.3 is 0 Å². The van der Waals surface area contributed by atoms with Gasteiger partial charge in [-0.2, -0.15) is 0 Å². The first-order valence-electron chi connectivity index (χ1n) is 10.1. The molecule has 32 heavy (non-hydrogen) atoms. The predicted molar refractivity (Wildman–Crippen MR) is 120 cm³/mol. The van der Waals surface area contributed by atoms with Crippen LogP contribution in [0.1, 0.15) is 28.3 Å². The third kappa shape index (κ3) is 3.64. The van der Waals surface area contributed by atoms with Crippen molar-refractivity contribution in [2.24, 2.45) is 0 Å². The van der Waals surface area contributed by atoms with Crippen molar-refractivity contribution in [1.29, 1.82) is 0 Å². The molecule has 1 N–H and O–H groups in total. The second-order valence-corrected chi connectivity index (χ2v) is 7.75. The highest BCUT2D eigenvalue weighted by molar-refractivity contribution is 6.51. The topological polar surface area (TPSA) is 66.8 Å². The number of nitrogens with zero attached hydrogens (tertiary/aromatic N) is 1. The quantitative estimate of drug-likeness (QED) is 0.356. The molecule has 1 saturated heterocycles. The van der Waals surface area contributed by atoms with Gasteiger partial charge in [-0.15, -0.1) is 0 Å². The Morgan fingerprint density at radius 3 is 2.41 bits per heavy atom. The summed E-state index contributed by atoms with van der Waals surface area (Å²) in [5.74, 6) is -1.84. The van der Waals surface area contributed by atoms with Gasteiger partial charge in [-0.1, -0.05) is 35.9 Å². The van der Waals surface area contributed by atoms with Crippen molar-refractivity contribution in [2.45, 2.75) is 19.9 Å². The molecule has 0 radical (unpaired) electrons. The van der Waals surface area contributed by atoms with Crippen LogP contribution >= 0.6 is 0 Å². The minimum Gasteiger partial charge on any atom is -0.507 e. The lowest BCUT2D eigenvalue weighted by atomic mass is 9.94. The third-order valence-corrected chi connectivity index (χ3v) is 5.56. The van der Waals surface area contributed by atoms with Crippen molar-refractivity contribution >= 4 is 23.1 Å². The van der Waals surface area contributed by atoms with Crippen LogP contribution < -0.4 is 9.64 Å². The van der Waals surface area contributed by atoms with Crippen LogP contribution in [0.15, 0.2) is 72.3 Å². The first-order chi connectivity index (χ1) is 15.3. The molecular weight excluding hydrogens is 409 g/mol. The number of aliphatic hydroxyl groups is 1. The van der Waals surface area contributed by atoms with E-state index in [9.17, 15) is 19.1 Å². The van der Waals surface area contributed by atoms with E-state index < -0.39 is 23.5 Å². The summed E-state index contributed by atoms with van der Waals surface area (Å²) in [4.78, 5) is 27.5. The van der Waals surface area contributed by atoms with Crippen LogP contribution in [0, 0.1) is 19.7 Å². The Morgan fingerprint density at radius 1 is 1.00 bits per heavy atom. The maximum Gasteiger partial charge on any atom is 0.300 e. The van der Waals surface area contributed by atoms with Gasteiger partial charge in [0.1, 0.15) is 17.3 Å². The normalized spacial score (nSPS) is 17.6. The number of aryl methyl sites for hydroxylation is 2. The minimum absolute atomic E-state index is 0.0468. The average Bonchev–Trinajstić information content (AvgIpc) is 3.04. The molecule has 3 aromatic carbocycles. The second kappa shape index (κ2) is 8.30. The van der Waals surface area contributed by atoms with E-state index in [4.69, 9.17) is 4.74 Å². The highest BCUT2D eigenvalue weighted by Gasteiger charge is 2.47. The summed E-state index contributed by atoms with van der Waals surface area (Å²) in [7, 11) is 1.55. The molecular formula is C26H22FNO4. The molecule has 0 spiro atoms. The monoisotopic (exact) mass is 431 g/mol. The van der Waals surface area contributed by atoms with Gasteiger partial charge in [0.05, 0.1) is 18.7 Å². The molecule has 1 unspecified atom stereocenters. The van der Waals surface area contributed by atoms with E-state index in [2.05, 4.69) is 0 Å². The van der Waals surface area contributed by atoms with Crippen molar-refractivity contribution in [1.82, 2.24) is 0 Å². The van der Waals surface area contributed by atoms with Crippen molar-refractivity contribution in [3.05, 3.63) is 100 Å². The number of aliphatic hydroxyl groups excluding tert-OH is 1. The summed E-state index contributed by atoms with van der Waals surface area (Å²) >= 11 is 0. The van der Waals surface area contributed by atoms with Gasteiger partial charge < -0.3 is 9.84 Å². The molecule has 1 heterocycles. The molecule has 5 nitrogen and oxygen atoms in total. The molecule has 0 bridgehead atoms. The van der Waals surface area contributed by atoms with Gasteiger partial charge in [0, 0.05) is 11.3 Å². The zero-order chi connectivity index (χ0) is 23.0. The number of hydrogen-bond donors (Lipinski definition) is 1. The van der Waals surface area contributed by atoms with E-state index in [0.717, 1.165) is 11.1 Å². The number of carbonyl (C=O) groups is 2. The first kappa shape index (κ1) is 21.3. The van der Waals surface area contributed by atoms with Crippen LogP contribution in [0.2, 0.25) is 0 Å². The lowest BCUT2D eigenvalue weighted by Crippen LogP contribution is -2.29. The number of methoxy groups -OCH3 is 1.